The molecular formula is C22H18N2O. The van der Waals surface area contributed by atoms with Crippen LogP contribution in [0.4, 0.5) is 11.5 Å². The van der Waals surface area contributed by atoms with Crippen molar-refractivity contribution in [2.45, 2.75) is 6.61 Å². The van der Waals surface area contributed by atoms with Crippen LogP contribution >= 0.6 is 0 Å². The monoisotopic (exact) mass is 326 g/mol. The Kier molecular flexibility index (Phi) is 4.29. The average Bonchev–Trinajstić information content (AvgIpc) is 2.68. The van der Waals surface area contributed by atoms with E-state index in [4.69, 9.17) is 4.74 Å². The zero-order chi connectivity index (χ0) is 16.9. The molecule has 0 saturated heterocycles. The van der Waals surface area contributed by atoms with Crippen LogP contribution in [0.15, 0.2) is 91.0 Å². The number of anilines is 2. The summed E-state index contributed by atoms with van der Waals surface area (Å²) in [5.41, 5.74) is 3.12. The van der Waals surface area contributed by atoms with Gasteiger partial charge in [-0.1, -0.05) is 48.5 Å². The predicted molar refractivity (Wildman–Crippen MR) is 102 cm³/mol. The normalized spacial score (nSPS) is 10.6. The van der Waals surface area contributed by atoms with Gasteiger partial charge in [-0.25, -0.2) is 4.98 Å². The number of nitrogens with one attached hydrogen (secondary N) is 1. The van der Waals surface area contributed by atoms with Crippen molar-refractivity contribution in [2.24, 2.45) is 0 Å². The quantitative estimate of drug-likeness (QED) is 0.521. The maximum atomic E-state index is 5.81. The lowest BCUT2D eigenvalue weighted by molar-refractivity contribution is 0.306. The van der Waals surface area contributed by atoms with E-state index in [1.807, 2.05) is 66.7 Å². The van der Waals surface area contributed by atoms with Gasteiger partial charge in [0.25, 0.3) is 0 Å². The molecule has 0 radical (unpaired) electrons. The Morgan fingerprint density at radius 2 is 1.48 bits per heavy atom. The number of pyridine rings is 1. The highest BCUT2D eigenvalue weighted by Gasteiger charge is 2.00. The highest BCUT2D eigenvalue weighted by Crippen LogP contribution is 2.21. The van der Waals surface area contributed by atoms with Crippen molar-refractivity contribution < 1.29 is 4.74 Å². The lowest BCUT2D eigenvalue weighted by atomic mass is 10.2. The van der Waals surface area contributed by atoms with Gasteiger partial charge in [0, 0.05) is 11.1 Å². The zero-order valence-electron chi connectivity index (χ0n) is 13.7. The topological polar surface area (TPSA) is 34.1 Å². The lowest BCUT2D eigenvalue weighted by Crippen LogP contribution is -1.96. The maximum absolute atomic E-state index is 5.81. The smallest absolute Gasteiger partial charge is 0.131 e. The van der Waals surface area contributed by atoms with Gasteiger partial charge in [-0.05, 0) is 48.0 Å². The summed E-state index contributed by atoms with van der Waals surface area (Å²) in [6.07, 6.45) is 0. The SMILES string of the molecule is c1ccc(COc2ccc(Nc3ccc4ccccc4n3)cc2)cc1. The van der Waals surface area contributed by atoms with E-state index in [1.165, 1.54) is 0 Å². The Labute approximate surface area is 146 Å². The molecule has 4 rings (SSSR count). The van der Waals surface area contributed by atoms with Crippen LogP contribution in [-0.2, 0) is 6.61 Å². The molecule has 0 saturated carbocycles. The van der Waals surface area contributed by atoms with E-state index in [9.17, 15) is 0 Å². The molecule has 3 nitrogen and oxygen atoms in total. The van der Waals surface area contributed by atoms with Crippen molar-refractivity contribution >= 4 is 22.4 Å². The summed E-state index contributed by atoms with van der Waals surface area (Å²) >= 11 is 0. The first kappa shape index (κ1) is 15.2. The average molecular weight is 326 g/mol. The second-order valence-corrected chi connectivity index (χ2v) is 5.81. The summed E-state index contributed by atoms with van der Waals surface area (Å²) in [5, 5.41) is 4.47. The number of hydrogen-bond donors (Lipinski definition) is 1. The molecule has 1 heterocycles. The molecule has 3 aromatic carbocycles. The van der Waals surface area contributed by atoms with E-state index in [0.717, 1.165) is 33.7 Å². The van der Waals surface area contributed by atoms with E-state index in [1.54, 1.807) is 0 Å². The van der Waals surface area contributed by atoms with Gasteiger partial charge in [0.2, 0.25) is 0 Å². The summed E-state index contributed by atoms with van der Waals surface area (Å²) in [4.78, 5) is 4.63. The molecule has 4 aromatic rings. The number of fused-ring (bicyclic) bond motifs is 1. The standard InChI is InChI=1S/C22H18N2O/c1-2-6-17(7-3-1)16-25-20-13-11-19(12-14-20)23-22-15-10-18-8-4-5-9-21(18)24-22/h1-15H,16H2,(H,23,24). The summed E-state index contributed by atoms with van der Waals surface area (Å²) in [6.45, 7) is 0.569. The number of hydrogen-bond acceptors (Lipinski definition) is 3. The molecule has 0 aliphatic rings. The van der Waals surface area contributed by atoms with E-state index in [-0.39, 0.29) is 0 Å². The molecule has 0 fully saturated rings. The van der Waals surface area contributed by atoms with Crippen LogP contribution in [0, 0.1) is 0 Å². The third-order valence-electron chi connectivity index (χ3n) is 3.97. The molecule has 0 aliphatic carbocycles. The van der Waals surface area contributed by atoms with Gasteiger partial charge in [-0.2, -0.15) is 0 Å². The highest BCUT2D eigenvalue weighted by molar-refractivity contribution is 5.80. The summed E-state index contributed by atoms with van der Waals surface area (Å²) < 4.78 is 5.81. The summed E-state index contributed by atoms with van der Waals surface area (Å²) in [7, 11) is 0. The fourth-order valence-electron chi connectivity index (χ4n) is 2.66. The minimum atomic E-state index is 0.569. The number of benzene rings is 3. The van der Waals surface area contributed by atoms with E-state index in [0.29, 0.717) is 6.61 Å². The minimum absolute atomic E-state index is 0.569. The van der Waals surface area contributed by atoms with Gasteiger partial charge in [-0.3, -0.25) is 0 Å². The Hall–Kier alpha value is -3.33. The highest BCUT2D eigenvalue weighted by atomic mass is 16.5. The van der Waals surface area contributed by atoms with Crippen molar-refractivity contribution in [1.82, 2.24) is 4.98 Å². The van der Waals surface area contributed by atoms with Crippen molar-refractivity contribution in [3.63, 3.8) is 0 Å². The maximum Gasteiger partial charge on any atom is 0.131 e. The number of aromatic nitrogens is 1. The molecule has 122 valence electrons. The third-order valence-corrected chi connectivity index (χ3v) is 3.97. The van der Waals surface area contributed by atoms with Gasteiger partial charge in [0.05, 0.1) is 5.52 Å². The Morgan fingerprint density at radius 1 is 0.720 bits per heavy atom. The van der Waals surface area contributed by atoms with Crippen molar-refractivity contribution in [2.75, 3.05) is 5.32 Å². The molecule has 1 N–H and O–H groups in total. The van der Waals surface area contributed by atoms with E-state index < -0.39 is 0 Å². The van der Waals surface area contributed by atoms with Gasteiger partial charge in [0.1, 0.15) is 18.2 Å². The summed E-state index contributed by atoms with van der Waals surface area (Å²) in [6, 6.07) is 30.2. The third kappa shape index (κ3) is 3.78. The first-order chi connectivity index (χ1) is 12.4. The Morgan fingerprint density at radius 3 is 2.32 bits per heavy atom. The van der Waals surface area contributed by atoms with Crippen LogP contribution in [0.25, 0.3) is 10.9 Å². The molecule has 0 amide bonds. The molecule has 0 aliphatic heterocycles. The van der Waals surface area contributed by atoms with Gasteiger partial charge in [-0.15, -0.1) is 0 Å². The number of ether oxygens (including phenoxy) is 1. The number of rotatable bonds is 5. The van der Waals surface area contributed by atoms with Crippen LogP contribution in [0.2, 0.25) is 0 Å². The van der Waals surface area contributed by atoms with Crippen LogP contribution in [-0.4, -0.2) is 4.98 Å². The largest absolute Gasteiger partial charge is 0.489 e. The molecule has 0 unspecified atom stereocenters. The first-order valence-electron chi connectivity index (χ1n) is 8.26. The fraction of sp³-hybridized carbons (Fsp3) is 0.0455. The van der Waals surface area contributed by atoms with Gasteiger partial charge >= 0.3 is 0 Å². The molecule has 3 heteroatoms. The first-order valence-corrected chi connectivity index (χ1v) is 8.26. The minimum Gasteiger partial charge on any atom is -0.489 e. The Balaban J connectivity index is 1.42. The molecular weight excluding hydrogens is 308 g/mol. The van der Waals surface area contributed by atoms with Gasteiger partial charge in [0.15, 0.2) is 0 Å². The van der Waals surface area contributed by atoms with Crippen LogP contribution < -0.4 is 10.1 Å². The van der Waals surface area contributed by atoms with Crippen molar-refractivity contribution in [3.8, 4) is 5.75 Å². The lowest BCUT2D eigenvalue weighted by Gasteiger charge is -2.09. The van der Waals surface area contributed by atoms with Crippen LogP contribution in [0.5, 0.6) is 5.75 Å². The fourth-order valence-corrected chi connectivity index (χ4v) is 2.66. The predicted octanol–water partition coefficient (Wildman–Crippen LogP) is 5.56. The van der Waals surface area contributed by atoms with Crippen molar-refractivity contribution in [1.29, 1.82) is 0 Å². The second-order valence-electron chi connectivity index (χ2n) is 5.81. The van der Waals surface area contributed by atoms with E-state index >= 15 is 0 Å². The molecule has 1 aromatic heterocycles. The van der Waals surface area contributed by atoms with E-state index in [2.05, 4.69) is 34.6 Å². The number of para-hydroxylation sites is 1. The van der Waals surface area contributed by atoms with Gasteiger partial charge < -0.3 is 10.1 Å². The zero-order valence-corrected chi connectivity index (χ0v) is 13.7. The Bertz CT molecular complexity index is 966. The summed E-state index contributed by atoms with van der Waals surface area (Å²) in [5.74, 6) is 1.68. The van der Waals surface area contributed by atoms with Crippen LogP contribution in [0.1, 0.15) is 5.56 Å². The second kappa shape index (κ2) is 7.05. The van der Waals surface area contributed by atoms with Crippen LogP contribution in [0.3, 0.4) is 0 Å². The molecule has 0 bridgehead atoms. The molecule has 25 heavy (non-hydrogen) atoms. The molecule has 0 atom stereocenters. The molecule has 0 spiro atoms. The van der Waals surface area contributed by atoms with Crippen molar-refractivity contribution in [3.05, 3.63) is 96.6 Å². The number of nitrogens with zero attached hydrogens (tertiary/aromatic N) is 1.